The molecule has 7 heteroatoms. The molecular weight excluding hydrogens is 271 g/mol. The Bertz CT molecular complexity index is 607. The van der Waals surface area contributed by atoms with Gasteiger partial charge in [-0.05, 0) is 18.6 Å². The van der Waals surface area contributed by atoms with Crippen LogP contribution in [0.25, 0.3) is 0 Å². The maximum atomic E-state index is 13.5. The lowest BCUT2D eigenvalue weighted by Gasteiger charge is -2.08. The molecule has 1 heterocycles. The first kappa shape index (κ1) is 14.1. The van der Waals surface area contributed by atoms with E-state index in [4.69, 9.17) is 4.74 Å². The predicted molar refractivity (Wildman–Crippen MR) is 67.2 cm³/mol. The van der Waals surface area contributed by atoms with E-state index in [1.807, 2.05) is 6.92 Å². The fourth-order valence-electron chi connectivity index (χ4n) is 1.41. The van der Waals surface area contributed by atoms with Crippen LogP contribution >= 0.6 is 0 Å². The van der Waals surface area contributed by atoms with Gasteiger partial charge in [-0.25, -0.2) is 13.8 Å². The van der Waals surface area contributed by atoms with E-state index < -0.39 is 23.3 Å². The van der Waals surface area contributed by atoms with Gasteiger partial charge in [-0.15, -0.1) is 0 Å². The normalized spacial score (nSPS) is 10.4. The third-order valence-electron chi connectivity index (χ3n) is 2.35. The van der Waals surface area contributed by atoms with E-state index in [0.29, 0.717) is 12.6 Å². The van der Waals surface area contributed by atoms with Crippen LogP contribution in [0.1, 0.15) is 13.3 Å². The van der Waals surface area contributed by atoms with Gasteiger partial charge >= 0.3 is 0 Å². The lowest BCUT2D eigenvalue weighted by Crippen LogP contribution is -2.06. The van der Waals surface area contributed by atoms with Crippen LogP contribution < -0.4 is 10.1 Å². The van der Waals surface area contributed by atoms with Gasteiger partial charge < -0.3 is 10.1 Å². The van der Waals surface area contributed by atoms with Crippen LogP contribution in [0.2, 0.25) is 0 Å². The first-order valence-electron chi connectivity index (χ1n) is 5.99. The maximum Gasteiger partial charge on any atom is 0.260 e. The number of nitrogens with one attached hydrogen (secondary N) is 1. The van der Waals surface area contributed by atoms with Crippen LogP contribution in [0.4, 0.5) is 19.1 Å². The number of hydrogen-bond donors (Lipinski definition) is 1. The molecule has 0 spiro atoms. The SMILES string of the molecule is CCCNc1ncc(F)c(Oc2ccc(F)cc2F)n1. The summed E-state index contributed by atoms with van der Waals surface area (Å²) in [4.78, 5) is 7.51. The van der Waals surface area contributed by atoms with E-state index in [1.54, 1.807) is 0 Å². The van der Waals surface area contributed by atoms with Crippen molar-refractivity contribution in [3.63, 3.8) is 0 Å². The van der Waals surface area contributed by atoms with E-state index in [-0.39, 0.29) is 11.7 Å². The monoisotopic (exact) mass is 283 g/mol. The second-order valence-corrected chi connectivity index (χ2v) is 3.95. The van der Waals surface area contributed by atoms with Crippen LogP contribution in [0.5, 0.6) is 11.6 Å². The molecule has 0 aliphatic heterocycles. The van der Waals surface area contributed by atoms with Gasteiger partial charge in [0.1, 0.15) is 5.82 Å². The lowest BCUT2D eigenvalue weighted by atomic mass is 10.3. The minimum atomic E-state index is -0.939. The third kappa shape index (κ3) is 3.37. The van der Waals surface area contributed by atoms with Gasteiger partial charge in [0.05, 0.1) is 6.20 Å². The largest absolute Gasteiger partial charge is 0.433 e. The second-order valence-electron chi connectivity index (χ2n) is 3.95. The molecule has 0 saturated carbocycles. The summed E-state index contributed by atoms with van der Waals surface area (Å²) >= 11 is 0. The molecule has 4 nitrogen and oxygen atoms in total. The molecule has 0 bridgehead atoms. The number of rotatable bonds is 5. The van der Waals surface area contributed by atoms with Crippen LogP contribution in [-0.4, -0.2) is 16.5 Å². The Balaban J connectivity index is 2.23. The Labute approximate surface area is 113 Å². The van der Waals surface area contributed by atoms with Gasteiger partial charge in [-0.1, -0.05) is 6.92 Å². The highest BCUT2D eigenvalue weighted by molar-refractivity contribution is 5.33. The van der Waals surface area contributed by atoms with Crippen LogP contribution in [0, 0.1) is 17.5 Å². The summed E-state index contributed by atoms with van der Waals surface area (Å²) in [6.07, 6.45) is 1.76. The van der Waals surface area contributed by atoms with E-state index >= 15 is 0 Å². The molecule has 0 atom stereocenters. The minimum absolute atomic E-state index is 0.172. The Kier molecular flexibility index (Phi) is 4.39. The molecule has 2 aromatic rings. The number of aromatic nitrogens is 2. The van der Waals surface area contributed by atoms with Gasteiger partial charge in [0.2, 0.25) is 11.8 Å². The average molecular weight is 283 g/mol. The number of benzene rings is 1. The summed E-state index contributed by atoms with van der Waals surface area (Å²) < 4.78 is 44.7. The molecule has 0 fully saturated rings. The number of halogens is 3. The number of anilines is 1. The lowest BCUT2D eigenvalue weighted by molar-refractivity contribution is 0.394. The van der Waals surface area contributed by atoms with E-state index in [9.17, 15) is 13.2 Å². The summed E-state index contributed by atoms with van der Waals surface area (Å²) in [5, 5.41) is 2.85. The zero-order valence-electron chi connectivity index (χ0n) is 10.7. The summed E-state index contributed by atoms with van der Waals surface area (Å²) in [6.45, 7) is 2.55. The zero-order valence-corrected chi connectivity index (χ0v) is 10.7. The molecule has 106 valence electrons. The van der Waals surface area contributed by atoms with Gasteiger partial charge in [0.25, 0.3) is 5.88 Å². The molecular formula is C13H12F3N3O. The van der Waals surface area contributed by atoms with Crippen molar-refractivity contribution in [3.8, 4) is 11.6 Å². The number of hydrogen-bond acceptors (Lipinski definition) is 4. The predicted octanol–water partition coefficient (Wildman–Crippen LogP) is 3.51. The first-order valence-corrected chi connectivity index (χ1v) is 5.99. The Morgan fingerprint density at radius 2 is 2.00 bits per heavy atom. The fraction of sp³-hybridized carbons (Fsp3) is 0.231. The van der Waals surface area contributed by atoms with Crippen molar-refractivity contribution < 1.29 is 17.9 Å². The van der Waals surface area contributed by atoms with Crippen LogP contribution in [0.3, 0.4) is 0 Å². The molecule has 1 aromatic carbocycles. The summed E-state index contributed by atoms with van der Waals surface area (Å²) in [6, 6.07) is 2.71. The molecule has 1 N–H and O–H groups in total. The molecule has 0 aliphatic rings. The van der Waals surface area contributed by atoms with Crippen molar-refractivity contribution in [2.45, 2.75) is 13.3 Å². The van der Waals surface area contributed by atoms with Crippen molar-refractivity contribution in [3.05, 3.63) is 41.8 Å². The van der Waals surface area contributed by atoms with Crippen LogP contribution in [0.15, 0.2) is 24.4 Å². The third-order valence-corrected chi connectivity index (χ3v) is 2.35. The highest BCUT2D eigenvalue weighted by Crippen LogP contribution is 2.25. The first-order chi connectivity index (χ1) is 9.60. The second kappa shape index (κ2) is 6.23. The van der Waals surface area contributed by atoms with E-state index in [1.165, 1.54) is 0 Å². The van der Waals surface area contributed by atoms with Crippen molar-refractivity contribution in [2.24, 2.45) is 0 Å². The topological polar surface area (TPSA) is 47.0 Å². The van der Waals surface area contributed by atoms with Crippen molar-refractivity contribution in [1.82, 2.24) is 9.97 Å². The maximum absolute atomic E-state index is 13.5. The van der Waals surface area contributed by atoms with Crippen LogP contribution in [-0.2, 0) is 0 Å². The Hall–Kier alpha value is -2.31. The molecule has 1 aromatic heterocycles. The summed E-state index contributed by atoms with van der Waals surface area (Å²) in [7, 11) is 0. The molecule has 0 saturated heterocycles. The molecule has 0 amide bonds. The minimum Gasteiger partial charge on any atom is -0.433 e. The quantitative estimate of drug-likeness (QED) is 0.912. The van der Waals surface area contributed by atoms with Crippen molar-refractivity contribution in [1.29, 1.82) is 0 Å². The summed E-state index contributed by atoms with van der Waals surface area (Å²) in [5.74, 6) is -3.09. The number of ether oxygens (including phenoxy) is 1. The molecule has 0 radical (unpaired) electrons. The van der Waals surface area contributed by atoms with Gasteiger partial charge in [0.15, 0.2) is 11.6 Å². The van der Waals surface area contributed by atoms with E-state index in [2.05, 4.69) is 15.3 Å². The molecule has 0 unspecified atom stereocenters. The van der Waals surface area contributed by atoms with Gasteiger partial charge in [-0.3, -0.25) is 0 Å². The number of nitrogens with zero attached hydrogens (tertiary/aromatic N) is 2. The average Bonchev–Trinajstić information content (AvgIpc) is 2.42. The van der Waals surface area contributed by atoms with E-state index in [0.717, 1.165) is 24.8 Å². The smallest absolute Gasteiger partial charge is 0.260 e. The molecule has 2 rings (SSSR count). The molecule has 0 aliphatic carbocycles. The Morgan fingerprint density at radius 1 is 1.20 bits per heavy atom. The van der Waals surface area contributed by atoms with Crippen molar-refractivity contribution >= 4 is 5.95 Å². The highest BCUT2D eigenvalue weighted by atomic mass is 19.1. The molecule has 20 heavy (non-hydrogen) atoms. The summed E-state index contributed by atoms with van der Waals surface area (Å²) in [5.41, 5.74) is 0. The van der Waals surface area contributed by atoms with Crippen molar-refractivity contribution in [2.75, 3.05) is 11.9 Å². The Morgan fingerprint density at radius 3 is 2.70 bits per heavy atom. The standard InChI is InChI=1S/C13H12F3N3O/c1-2-5-17-13-18-7-10(16)12(19-13)20-11-4-3-8(14)6-9(11)15/h3-4,6-7H,2,5H2,1H3,(H,17,18,19). The highest BCUT2D eigenvalue weighted by Gasteiger charge is 2.12. The van der Waals surface area contributed by atoms with Gasteiger partial charge in [-0.2, -0.15) is 9.37 Å². The zero-order chi connectivity index (χ0) is 14.5. The van der Waals surface area contributed by atoms with Gasteiger partial charge in [0, 0.05) is 12.6 Å². The fourth-order valence-corrected chi connectivity index (χ4v) is 1.41.